The van der Waals surface area contributed by atoms with Gasteiger partial charge in [0, 0.05) is 51.7 Å². The summed E-state index contributed by atoms with van der Waals surface area (Å²) >= 11 is 0. The van der Waals surface area contributed by atoms with E-state index in [0.717, 1.165) is 48.2 Å². The van der Waals surface area contributed by atoms with Crippen molar-refractivity contribution in [2.75, 3.05) is 26.8 Å². The lowest BCUT2D eigenvalue weighted by atomic mass is 9.95. The van der Waals surface area contributed by atoms with Crippen LogP contribution in [-0.4, -0.2) is 53.2 Å². The van der Waals surface area contributed by atoms with E-state index in [1.165, 1.54) is 16.8 Å². The molecule has 2 unspecified atom stereocenters. The number of rotatable bonds is 9. The molecule has 3 aromatic carbocycles. The van der Waals surface area contributed by atoms with Crippen molar-refractivity contribution in [3.63, 3.8) is 0 Å². The van der Waals surface area contributed by atoms with Gasteiger partial charge in [0.2, 0.25) is 5.91 Å². The van der Waals surface area contributed by atoms with E-state index >= 15 is 0 Å². The fourth-order valence-corrected chi connectivity index (χ4v) is 5.54. The van der Waals surface area contributed by atoms with Gasteiger partial charge in [-0.2, -0.15) is 0 Å². The number of piperidine rings is 1. The predicted molar refractivity (Wildman–Crippen MR) is 145 cm³/mol. The molecule has 1 fully saturated rings. The lowest BCUT2D eigenvalue weighted by molar-refractivity contribution is -0.132. The first-order valence-electron chi connectivity index (χ1n) is 13.2. The lowest BCUT2D eigenvalue weighted by Gasteiger charge is -2.33. The Balaban J connectivity index is 1.27. The third-order valence-corrected chi connectivity index (χ3v) is 7.36. The van der Waals surface area contributed by atoms with Crippen molar-refractivity contribution in [1.29, 1.82) is 0 Å². The quantitative estimate of drug-likeness (QED) is 0.326. The van der Waals surface area contributed by atoms with Crippen molar-refractivity contribution < 1.29 is 13.9 Å². The van der Waals surface area contributed by atoms with Gasteiger partial charge in [-0.1, -0.05) is 42.5 Å². The SMILES string of the molecule is COCCCn1c(C2CCCN(C(=O)CC(N)Cc3ccc4ccccc4c3)C2)nc2ccc(F)cc21. The lowest BCUT2D eigenvalue weighted by Crippen LogP contribution is -2.42. The van der Waals surface area contributed by atoms with E-state index in [2.05, 4.69) is 34.9 Å². The van der Waals surface area contributed by atoms with E-state index in [1.807, 2.05) is 17.0 Å². The minimum Gasteiger partial charge on any atom is -0.385 e. The summed E-state index contributed by atoms with van der Waals surface area (Å²) in [4.78, 5) is 20.1. The number of nitrogens with two attached hydrogens (primary N) is 1. The fourth-order valence-electron chi connectivity index (χ4n) is 5.54. The molecule has 5 rings (SSSR count). The number of likely N-dealkylation sites (tertiary alicyclic amines) is 1. The molecule has 0 aliphatic carbocycles. The maximum Gasteiger partial charge on any atom is 0.224 e. The molecule has 37 heavy (non-hydrogen) atoms. The minimum absolute atomic E-state index is 0.0890. The van der Waals surface area contributed by atoms with E-state index < -0.39 is 0 Å². The van der Waals surface area contributed by atoms with Crippen molar-refractivity contribution >= 4 is 27.7 Å². The van der Waals surface area contributed by atoms with E-state index in [9.17, 15) is 9.18 Å². The van der Waals surface area contributed by atoms with Crippen LogP contribution in [-0.2, 0) is 22.5 Å². The van der Waals surface area contributed by atoms with Gasteiger partial charge in [-0.25, -0.2) is 9.37 Å². The number of carbonyl (C=O) groups excluding carboxylic acids is 1. The zero-order valence-corrected chi connectivity index (χ0v) is 21.4. The predicted octanol–water partition coefficient (Wildman–Crippen LogP) is 5.03. The van der Waals surface area contributed by atoms with Crippen LogP contribution in [0, 0.1) is 5.82 Å². The van der Waals surface area contributed by atoms with Crippen LogP contribution in [0.2, 0.25) is 0 Å². The second-order valence-electron chi connectivity index (χ2n) is 10.1. The summed E-state index contributed by atoms with van der Waals surface area (Å²) in [7, 11) is 1.68. The largest absolute Gasteiger partial charge is 0.385 e. The normalized spacial score (nSPS) is 16.9. The topological polar surface area (TPSA) is 73.4 Å². The smallest absolute Gasteiger partial charge is 0.224 e. The molecule has 7 heteroatoms. The highest BCUT2D eigenvalue weighted by atomic mass is 19.1. The number of hydrogen-bond acceptors (Lipinski definition) is 4. The van der Waals surface area contributed by atoms with Gasteiger partial charge in [-0.05, 0) is 60.2 Å². The number of aromatic nitrogens is 2. The first-order valence-corrected chi connectivity index (χ1v) is 13.2. The van der Waals surface area contributed by atoms with Gasteiger partial charge in [-0.3, -0.25) is 4.79 Å². The first-order chi connectivity index (χ1) is 18.0. The van der Waals surface area contributed by atoms with Crippen molar-refractivity contribution in [3.05, 3.63) is 77.9 Å². The molecule has 0 saturated carbocycles. The van der Waals surface area contributed by atoms with Gasteiger partial charge in [0.15, 0.2) is 0 Å². The minimum atomic E-state index is -0.271. The van der Waals surface area contributed by atoms with Gasteiger partial charge in [-0.15, -0.1) is 0 Å². The van der Waals surface area contributed by atoms with E-state index in [0.29, 0.717) is 32.5 Å². The van der Waals surface area contributed by atoms with Crippen LogP contribution >= 0.6 is 0 Å². The van der Waals surface area contributed by atoms with Crippen LogP contribution in [0.3, 0.4) is 0 Å². The molecule has 1 aromatic heterocycles. The Bertz CT molecular complexity index is 1380. The van der Waals surface area contributed by atoms with Gasteiger partial charge in [0.05, 0.1) is 11.0 Å². The number of methoxy groups -OCH3 is 1. The second-order valence-corrected chi connectivity index (χ2v) is 10.1. The summed E-state index contributed by atoms with van der Waals surface area (Å²) in [5.74, 6) is 0.848. The van der Waals surface area contributed by atoms with Crippen LogP contribution in [0.1, 0.15) is 43.0 Å². The van der Waals surface area contributed by atoms with Crippen LogP contribution in [0.5, 0.6) is 0 Å². The third kappa shape index (κ3) is 5.84. The van der Waals surface area contributed by atoms with Crippen LogP contribution < -0.4 is 5.73 Å². The molecule has 0 radical (unpaired) electrons. The summed E-state index contributed by atoms with van der Waals surface area (Å²) in [6.07, 6.45) is 3.64. The van der Waals surface area contributed by atoms with Crippen molar-refractivity contribution in [1.82, 2.24) is 14.5 Å². The van der Waals surface area contributed by atoms with E-state index in [4.69, 9.17) is 15.5 Å². The zero-order chi connectivity index (χ0) is 25.8. The molecule has 194 valence electrons. The molecule has 2 N–H and O–H groups in total. The molecule has 2 atom stereocenters. The molecule has 0 bridgehead atoms. The summed E-state index contributed by atoms with van der Waals surface area (Å²) < 4.78 is 21.4. The standard InChI is InChI=1S/C30H35FN4O2/c1-37-15-5-14-35-28-18-25(31)11-12-27(28)33-30(35)24-8-4-13-34(20-24)29(36)19-26(32)17-21-9-10-22-6-2-3-7-23(22)16-21/h2-3,6-7,9-12,16,18,24,26H,4-5,8,13-15,17,19-20,32H2,1H3. The third-order valence-electron chi connectivity index (χ3n) is 7.36. The summed E-state index contributed by atoms with van der Waals surface area (Å²) in [6.45, 7) is 2.66. The average molecular weight is 503 g/mol. The van der Waals surface area contributed by atoms with Crippen LogP contribution in [0.25, 0.3) is 21.8 Å². The number of imidazole rings is 1. The number of hydrogen-bond donors (Lipinski definition) is 1. The fraction of sp³-hybridized carbons (Fsp3) is 0.400. The van der Waals surface area contributed by atoms with E-state index in [-0.39, 0.29) is 23.7 Å². The summed E-state index contributed by atoms with van der Waals surface area (Å²) in [5.41, 5.74) is 9.18. The van der Waals surface area contributed by atoms with Gasteiger partial charge in [0.25, 0.3) is 0 Å². The highest BCUT2D eigenvalue weighted by molar-refractivity contribution is 5.83. The number of fused-ring (bicyclic) bond motifs is 2. The molecule has 1 aliphatic rings. The Morgan fingerprint density at radius 1 is 1.16 bits per heavy atom. The molecule has 4 aromatic rings. The molecule has 1 saturated heterocycles. The second kappa shape index (κ2) is 11.4. The highest BCUT2D eigenvalue weighted by Crippen LogP contribution is 2.30. The number of halogens is 1. The van der Waals surface area contributed by atoms with Crippen molar-refractivity contribution in [2.45, 2.75) is 50.6 Å². The van der Waals surface area contributed by atoms with Gasteiger partial charge >= 0.3 is 0 Å². The molecule has 0 spiro atoms. The Kier molecular flexibility index (Phi) is 7.82. The van der Waals surface area contributed by atoms with Crippen LogP contribution in [0.4, 0.5) is 4.39 Å². The Labute approximate surface area is 217 Å². The van der Waals surface area contributed by atoms with Gasteiger partial charge < -0.3 is 19.9 Å². The Hall–Kier alpha value is -3.29. The highest BCUT2D eigenvalue weighted by Gasteiger charge is 2.29. The van der Waals surface area contributed by atoms with Crippen molar-refractivity contribution in [3.8, 4) is 0 Å². The zero-order valence-electron chi connectivity index (χ0n) is 21.4. The number of carbonyl (C=O) groups is 1. The van der Waals surface area contributed by atoms with Crippen LogP contribution in [0.15, 0.2) is 60.7 Å². The first kappa shape index (κ1) is 25.4. The van der Waals surface area contributed by atoms with E-state index in [1.54, 1.807) is 19.2 Å². The monoisotopic (exact) mass is 502 g/mol. The molecule has 1 amide bonds. The average Bonchev–Trinajstić information content (AvgIpc) is 3.26. The maximum absolute atomic E-state index is 14.0. The molecular weight excluding hydrogens is 467 g/mol. The maximum atomic E-state index is 14.0. The number of aryl methyl sites for hydroxylation is 1. The summed E-state index contributed by atoms with van der Waals surface area (Å²) in [6, 6.07) is 19.1. The number of benzene rings is 3. The van der Waals surface area contributed by atoms with Gasteiger partial charge in [0.1, 0.15) is 11.6 Å². The number of nitrogens with zero attached hydrogens (tertiary/aromatic N) is 3. The number of ether oxygens (including phenoxy) is 1. The summed E-state index contributed by atoms with van der Waals surface area (Å²) in [5, 5.41) is 2.39. The number of amides is 1. The Morgan fingerprint density at radius 2 is 2.00 bits per heavy atom. The molecular formula is C30H35FN4O2. The van der Waals surface area contributed by atoms with Crippen molar-refractivity contribution in [2.24, 2.45) is 5.73 Å². The molecule has 2 heterocycles. The molecule has 6 nitrogen and oxygen atoms in total. The molecule has 1 aliphatic heterocycles. The Morgan fingerprint density at radius 3 is 2.84 bits per heavy atom.